The summed E-state index contributed by atoms with van der Waals surface area (Å²) in [7, 11) is 0. The van der Waals surface area contributed by atoms with Crippen molar-refractivity contribution < 1.29 is 4.79 Å². The van der Waals surface area contributed by atoms with Crippen LogP contribution in [0, 0.1) is 9.49 Å². The summed E-state index contributed by atoms with van der Waals surface area (Å²) in [6, 6.07) is 7.95. The maximum Gasteiger partial charge on any atom is 0.227 e. The summed E-state index contributed by atoms with van der Waals surface area (Å²) in [5.74, 6) is 0.319. The van der Waals surface area contributed by atoms with Gasteiger partial charge in [-0.15, -0.1) is 0 Å². The zero-order valence-corrected chi connectivity index (χ0v) is 13.4. The number of halogens is 1. The third-order valence-electron chi connectivity index (χ3n) is 3.95. The highest BCUT2D eigenvalue weighted by Gasteiger charge is 2.21. The molecule has 0 spiro atoms. The molecule has 0 bridgehead atoms. The number of carbonyl (C=O) groups is 1. The summed E-state index contributed by atoms with van der Waals surface area (Å²) in [5, 5.41) is 4.17. The maximum absolute atomic E-state index is 12.4. The predicted molar refractivity (Wildman–Crippen MR) is 89.7 cm³/mol. The molecule has 0 saturated heterocycles. The van der Waals surface area contributed by atoms with Gasteiger partial charge in [0.1, 0.15) is 0 Å². The molecule has 1 aliphatic rings. The molecule has 1 N–H and O–H groups in total. The molecule has 0 radical (unpaired) electrons. The first kappa shape index (κ1) is 13.8. The quantitative estimate of drug-likeness (QED) is 0.787. The zero-order valence-electron chi connectivity index (χ0n) is 11.2. The Hall–Kier alpha value is -1.17. The van der Waals surface area contributed by atoms with Gasteiger partial charge < -0.3 is 5.32 Å². The van der Waals surface area contributed by atoms with Gasteiger partial charge in [-0.05, 0) is 53.6 Å². The van der Waals surface area contributed by atoms with Crippen LogP contribution in [0.4, 0.5) is 5.69 Å². The molecule has 1 fully saturated rings. The molecule has 1 heterocycles. The highest BCUT2D eigenvalue weighted by molar-refractivity contribution is 14.1. The molecule has 1 saturated carbocycles. The third-order valence-corrected chi connectivity index (χ3v) is 4.89. The molecule has 3 rings (SSSR count). The second-order valence-electron chi connectivity index (χ2n) is 5.32. The number of amides is 1. The molecule has 104 valence electrons. The molecule has 0 atom stereocenters. The van der Waals surface area contributed by atoms with Gasteiger partial charge in [0, 0.05) is 21.1 Å². The number of fused-ring (bicyclic) bond motifs is 1. The zero-order chi connectivity index (χ0) is 13.9. The number of nitrogens with one attached hydrogen (secondary N) is 1. The highest BCUT2D eigenvalue weighted by atomic mass is 127. The Kier molecular flexibility index (Phi) is 4.19. The monoisotopic (exact) mass is 380 g/mol. The van der Waals surface area contributed by atoms with Gasteiger partial charge in [-0.25, -0.2) is 0 Å². The van der Waals surface area contributed by atoms with Crippen molar-refractivity contribution in [1.29, 1.82) is 0 Å². The molecule has 1 aromatic heterocycles. The Balaban J connectivity index is 1.87. The summed E-state index contributed by atoms with van der Waals surface area (Å²) in [6.07, 6.45) is 7.41. The lowest BCUT2D eigenvalue weighted by atomic mass is 9.88. The fourth-order valence-electron chi connectivity index (χ4n) is 2.84. The Morgan fingerprint density at radius 1 is 1.20 bits per heavy atom. The van der Waals surface area contributed by atoms with Crippen LogP contribution in [0.15, 0.2) is 30.5 Å². The van der Waals surface area contributed by atoms with E-state index in [9.17, 15) is 4.79 Å². The number of carbonyl (C=O) groups excluding carboxylic acids is 1. The lowest BCUT2D eigenvalue weighted by Crippen LogP contribution is -2.24. The summed E-state index contributed by atoms with van der Waals surface area (Å²) in [4.78, 5) is 16.8. The molecule has 20 heavy (non-hydrogen) atoms. The van der Waals surface area contributed by atoms with E-state index in [1.165, 1.54) is 19.3 Å². The van der Waals surface area contributed by atoms with E-state index < -0.39 is 0 Å². The van der Waals surface area contributed by atoms with Gasteiger partial charge >= 0.3 is 0 Å². The van der Waals surface area contributed by atoms with E-state index in [0.29, 0.717) is 0 Å². The van der Waals surface area contributed by atoms with E-state index in [1.807, 2.05) is 24.3 Å². The number of pyridine rings is 1. The summed E-state index contributed by atoms with van der Waals surface area (Å²) >= 11 is 2.30. The van der Waals surface area contributed by atoms with Gasteiger partial charge in [0.05, 0.1) is 11.2 Å². The fourth-order valence-corrected chi connectivity index (χ4v) is 3.45. The summed E-state index contributed by atoms with van der Waals surface area (Å²) in [6.45, 7) is 0. The van der Waals surface area contributed by atoms with Crippen molar-refractivity contribution in [2.45, 2.75) is 32.1 Å². The summed E-state index contributed by atoms with van der Waals surface area (Å²) in [5.41, 5.74) is 1.71. The van der Waals surface area contributed by atoms with E-state index in [1.54, 1.807) is 6.20 Å². The maximum atomic E-state index is 12.4. The minimum Gasteiger partial charge on any atom is -0.324 e. The molecule has 1 aliphatic carbocycles. The van der Waals surface area contributed by atoms with Gasteiger partial charge in [0.25, 0.3) is 0 Å². The van der Waals surface area contributed by atoms with Crippen molar-refractivity contribution >= 4 is 45.1 Å². The van der Waals surface area contributed by atoms with Gasteiger partial charge in [-0.1, -0.05) is 25.3 Å². The molecule has 2 aromatic rings. The van der Waals surface area contributed by atoms with Crippen LogP contribution in [0.2, 0.25) is 0 Å². The smallest absolute Gasteiger partial charge is 0.227 e. The topological polar surface area (TPSA) is 42.0 Å². The van der Waals surface area contributed by atoms with Gasteiger partial charge in [-0.3, -0.25) is 9.78 Å². The van der Waals surface area contributed by atoms with Crippen molar-refractivity contribution in [2.24, 2.45) is 5.92 Å². The minimum atomic E-state index is 0.151. The first-order valence-electron chi connectivity index (χ1n) is 7.10. The lowest BCUT2D eigenvalue weighted by Gasteiger charge is -2.21. The number of hydrogen-bond donors (Lipinski definition) is 1. The second-order valence-corrected chi connectivity index (χ2v) is 6.48. The van der Waals surface area contributed by atoms with E-state index in [2.05, 4.69) is 32.9 Å². The SMILES string of the molecule is O=C(Nc1ccc(I)c2cccnc12)C1CCCCC1. The molecule has 0 unspecified atom stereocenters. The van der Waals surface area contributed by atoms with E-state index in [-0.39, 0.29) is 11.8 Å². The number of anilines is 1. The van der Waals surface area contributed by atoms with Gasteiger partial charge in [0.15, 0.2) is 0 Å². The molecule has 0 aliphatic heterocycles. The van der Waals surface area contributed by atoms with Crippen molar-refractivity contribution in [2.75, 3.05) is 5.32 Å². The van der Waals surface area contributed by atoms with Crippen molar-refractivity contribution in [1.82, 2.24) is 4.98 Å². The normalized spacial score (nSPS) is 16.2. The Morgan fingerprint density at radius 2 is 2.00 bits per heavy atom. The first-order chi connectivity index (χ1) is 9.75. The number of nitrogens with zero attached hydrogens (tertiary/aromatic N) is 1. The number of rotatable bonds is 2. The van der Waals surface area contributed by atoms with E-state index >= 15 is 0 Å². The number of benzene rings is 1. The average Bonchev–Trinajstić information content (AvgIpc) is 2.51. The Morgan fingerprint density at radius 3 is 2.80 bits per heavy atom. The average molecular weight is 380 g/mol. The highest BCUT2D eigenvalue weighted by Crippen LogP contribution is 2.28. The van der Waals surface area contributed by atoms with Crippen LogP contribution in [0.5, 0.6) is 0 Å². The molecular weight excluding hydrogens is 363 g/mol. The summed E-state index contributed by atoms with van der Waals surface area (Å²) < 4.78 is 1.15. The molecular formula is C16H17IN2O. The molecule has 3 nitrogen and oxygen atoms in total. The van der Waals surface area contributed by atoms with Crippen molar-refractivity contribution in [3.05, 3.63) is 34.0 Å². The predicted octanol–water partition coefficient (Wildman–Crippen LogP) is 4.36. The first-order valence-corrected chi connectivity index (χ1v) is 8.17. The Labute approximate surface area is 132 Å². The van der Waals surface area contributed by atoms with Crippen LogP contribution in [0.25, 0.3) is 10.9 Å². The van der Waals surface area contributed by atoms with Crippen LogP contribution >= 0.6 is 22.6 Å². The van der Waals surface area contributed by atoms with Crippen LogP contribution in [0.3, 0.4) is 0 Å². The Bertz CT molecular complexity index is 635. The van der Waals surface area contributed by atoms with Crippen LogP contribution in [-0.2, 0) is 4.79 Å². The van der Waals surface area contributed by atoms with Crippen LogP contribution < -0.4 is 5.32 Å². The van der Waals surface area contributed by atoms with Gasteiger partial charge in [0.2, 0.25) is 5.91 Å². The molecule has 1 aromatic carbocycles. The molecule has 1 amide bonds. The minimum absolute atomic E-state index is 0.151. The second kappa shape index (κ2) is 6.08. The standard InChI is InChI=1S/C16H17IN2O/c17-13-8-9-14(15-12(13)7-4-10-18-15)19-16(20)11-5-2-1-3-6-11/h4,7-11H,1-3,5-6H2,(H,19,20). The van der Waals surface area contributed by atoms with E-state index in [4.69, 9.17) is 0 Å². The largest absolute Gasteiger partial charge is 0.324 e. The lowest BCUT2D eigenvalue weighted by molar-refractivity contribution is -0.120. The number of hydrogen-bond acceptors (Lipinski definition) is 2. The number of aromatic nitrogens is 1. The third kappa shape index (κ3) is 2.80. The van der Waals surface area contributed by atoms with Gasteiger partial charge in [-0.2, -0.15) is 0 Å². The molecule has 4 heteroatoms. The van der Waals surface area contributed by atoms with Crippen molar-refractivity contribution in [3.63, 3.8) is 0 Å². The van der Waals surface area contributed by atoms with Crippen LogP contribution in [-0.4, -0.2) is 10.9 Å². The fraction of sp³-hybridized carbons (Fsp3) is 0.375. The van der Waals surface area contributed by atoms with E-state index in [0.717, 1.165) is 33.0 Å². The van der Waals surface area contributed by atoms with Crippen molar-refractivity contribution in [3.8, 4) is 0 Å². The van der Waals surface area contributed by atoms with Crippen LogP contribution in [0.1, 0.15) is 32.1 Å².